The predicted octanol–water partition coefficient (Wildman–Crippen LogP) is 3.21. The van der Waals surface area contributed by atoms with Crippen molar-refractivity contribution < 1.29 is 14.3 Å². The molecule has 5 nitrogen and oxygen atoms in total. The van der Waals surface area contributed by atoms with Gasteiger partial charge in [0.2, 0.25) is 0 Å². The van der Waals surface area contributed by atoms with Gasteiger partial charge in [-0.25, -0.2) is 4.98 Å². The molecule has 1 aliphatic carbocycles. The second kappa shape index (κ2) is 5.96. The lowest BCUT2D eigenvalue weighted by molar-refractivity contribution is 0.102. The number of carbonyl (C=O) groups excluding carboxylic acids is 1. The third-order valence-corrected chi connectivity index (χ3v) is 4.90. The van der Waals surface area contributed by atoms with Gasteiger partial charge < -0.3 is 9.47 Å². The predicted molar refractivity (Wildman–Crippen MR) is 86.4 cm³/mol. The SMILES string of the molecule is COc1cc(C(=O)Nc2nc3c(s2)CCC3)cc(OC)c1C. The summed E-state index contributed by atoms with van der Waals surface area (Å²) in [6.45, 7) is 1.89. The summed E-state index contributed by atoms with van der Waals surface area (Å²) in [6.07, 6.45) is 3.23. The largest absolute Gasteiger partial charge is 0.496 e. The maximum atomic E-state index is 12.4. The molecule has 0 aliphatic heterocycles. The lowest BCUT2D eigenvalue weighted by atomic mass is 10.1. The van der Waals surface area contributed by atoms with Crippen LogP contribution in [0, 0.1) is 6.92 Å². The molecule has 0 fully saturated rings. The van der Waals surface area contributed by atoms with E-state index >= 15 is 0 Å². The first kappa shape index (κ1) is 14.8. The summed E-state index contributed by atoms with van der Waals surface area (Å²) in [5.74, 6) is 1.06. The van der Waals surface area contributed by atoms with Gasteiger partial charge in [0.25, 0.3) is 5.91 Å². The van der Waals surface area contributed by atoms with Crippen LogP contribution in [0.5, 0.6) is 11.5 Å². The summed E-state index contributed by atoms with van der Waals surface area (Å²) >= 11 is 1.56. The quantitative estimate of drug-likeness (QED) is 0.940. The molecule has 2 aromatic rings. The minimum Gasteiger partial charge on any atom is -0.496 e. The van der Waals surface area contributed by atoms with Gasteiger partial charge in [-0.05, 0) is 38.3 Å². The Labute approximate surface area is 133 Å². The zero-order valence-electron chi connectivity index (χ0n) is 12.9. The number of thiazole rings is 1. The number of nitrogens with one attached hydrogen (secondary N) is 1. The lowest BCUT2D eigenvalue weighted by Gasteiger charge is -2.12. The van der Waals surface area contributed by atoms with Crippen LogP contribution >= 0.6 is 11.3 Å². The molecule has 0 bridgehead atoms. The Kier molecular flexibility index (Phi) is 4.02. The van der Waals surface area contributed by atoms with E-state index in [-0.39, 0.29) is 5.91 Å². The molecule has 1 N–H and O–H groups in total. The number of methoxy groups -OCH3 is 2. The molecule has 3 rings (SSSR count). The van der Waals surface area contributed by atoms with E-state index in [1.165, 1.54) is 4.88 Å². The Morgan fingerprint density at radius 3 is 2.50 bits per heavy atom. The molecule has 0 unspecified atom stereocenters. The molecular formula is C16H18N2O3S. The first-order valence-electron chi connectivity index (χ1n) is 7.15. The van der Waals surface area contributed by atoms with E-state index in [1.54, 1.807) is 37.7 Å². The number of benzene rings is 1. The fraction of sp³-hybridized carbons (Fsp3) is 0.375. The van der Waals surface area contributed by atoms with Crippen molar-refractivity contribution in [2.24, 2.45) is 0 Å². The van der Waals surface area contributed by atoms with Crippen LogP contribution in [0.2, 0.25) is 0 Å². The van der Waals surface area contributed by atoms with Crippen LogP contribution in [0.3, 0.4) is 0 Å². The molecule has 22 heavy (non-hydrogen) atoms. The van der Waals surface area contributed by atoms with E-state index < -0.39 is 0 Å². The van der Waals surface area contributed by atoms with Crippen molar-refractivity contribution in [2.75, 3.05) is 19.5 Å². The summed E-state index contributed by atoms with van der Waals surface area (Å²) < 4.78 is 10.6. The number of carbonyl (C=O) groups is 1. The fourth-order valence-corrected chi connectivity index (χ4v) is 3.68. The Hall–Kier alpha value is -2.08. The van der Waals surface area contributed by atoms with Crippen LogP contribution in [-0.4, -0.2) is 25.1 Å². The monoisotopic (exact) mass is 318 g/mol. The van der Waals surface area contributed by atoms with Crippen LogP contribution in [0.1, 0.15) is 32.9 Å². The Bertz CT molecular complexity index is 678. The first-order valence-corrected chi connectivity index (χ1v) is 7.96. The Morgan fingerprint density at radius 1 is 1.23 bits per heavy atom. The summed E-state index contributed by atoms with van der Waals surface area (Å²) in [4.78, 5) is 18.2. The highest BCUT2D eigenvalue weighted by Crippen LogP contribution is 2.32. The van der Waals surface area contributed by atoms with Crippen molar-refractivity contribution in [1.82, 2.24) is 4.98 Å². The number of hydrogen-bond donors (Lipinski definition) is 1. The molecule has 1 amide bonds. The van der Waals surface area contributed by atoms with Crippen molar-refractivity contribution in [3.63, 3.8) is 0 Å². The standard InChI is InChI=1S/C16H18N2O3S/c1-9-12(20-2)7-10(8-13(9)21-3)15(19)18-16-17-11-5-4-6-14(11)22-16/h7-8H,4-6H2,1-3H3,(H,17,18,19). The zero-order chi connectivity index (χ0) is 15.7. The number of rotatable bonds is 4. The van der Waals surface area contributed by atoms with Crippen LogP contribution in [0.4, 0.5) is 5.13 Å². The maximum Gasteiger partial charge on any atom is 0.257 e. The van der Waals surface area contributed by atoms with Crippen LogP contribution in [-0.2, 0) is 12.8 Å². The average Bonchev–Trinajstić information content (AvgIpc) is 3.08. The van der Waals surface area contributed by atoms with E-state index in [1.807, 2.05) is 6.92 Å². The number of aryl methyl sites for hydroxylation is 2. The third-order valence-electron chi connectivity index (χ3n) is 3.83. The number of nitrogens with zero attached hydrogens (tertiary/aromatic N) is 1. The van der Waals surface area contributed by atoms with Crippen molar-refractivity contribution in [3.05, 3.63) is 33.8 Å². The topological polar surface area (TPSA) is 60.5 Å². The van der Waals surface area contributed by atoms with Crippen LogP contribution in [0.25, 0.3) is 0 Å². The van der Waals surface area contributed by atoms with E-state index in [9.17, 15) is 4.79 Å². The van der Waals surface area contributed by atoms with Crippen molar-refractivity contribution in [2.45, 2.75) is 26.2 Å². The number of aromatic nitrogens is 1. The minimum absolute atomic E-state index is 0.205. The van der Waals surface area contributed by atoms with Gasteiger partial charge in [-0.1, -0.05) is 0 Å². The number of anilines is 1. The van der Waals surface area contributed by atoms with Crippen LogP contribution in [0.15, 0.2) is 12.1 Å². The molecule has 6 heteroatoms. The zero-order valence-corrected chi connectivity index (χ0v) is 13.7. The Morgan fingerprint density at radius 2 is 1.91 bits per heavy atom. The summed E-state index contributed by atoms with van der Waals surface area (Å²) in [7, 11) is 3.16. The molecule has 0 saturated heterocycles. The molecule has 1 aromatic heterocycles. The maximum absolute atomic E-state index is 12.4. The van der Waals surface area contributed by atoms with Gasteiger partial charge in [-0.3, -0.25) is 10.1 Å². The molecule has 0 atom stereocenters. The average molecular weight is 318 g/mol. The highest BCUT2D eigenvalue weighted by atomic mass is 32.1. The van der Waals surface area contributed by atoms with Crippen molar-refractivity contribution in [3.8, 4) is 11.5 Å². The summed E-state index contributed by atoms with van der Waals surface area (Å²) in [5.41, 5.74) is 2.49. The van der Waals surface area contributed by atoms with E-state index in [0.717, 1.165) is 30.5 Å². The molecule has 1 aromatic carbocycles. The molecule has 0 radical (unpaired) electrons. The van der Waals surface area contributed by atoms with Gasteiger partial charge in [-0.15, -0.1) is 11.3 Å². The smallest absolute Gasteiger partial charge is 0.257 e. The fourth-order valence-electron chi connectivity index (χ4n) is 2.63. The normalized spacial score (nSPS) is 12.9. The van der Waals surface area contributed by atoms with Gasteiger partial charge >= 0.3 is 0 Å². The number of fused-ring (bicyclic) bond motifs is 1. The van der Waals surface area contributed by atoms with Gasteiger partial charge in [-0.2, -0.15) is 0 Å². The molecular weight excluding hydrogens is 300 g/mol. The minimum atomic E-state index is -0.205. The van der Waals surface area contributed by atoms with Crippen LogP contribution < -0.4 is 14.8 Å². The third kappa shape index (κ3) is 2.66. The second-order valence-electron chi connectivity index (χ2n) is 5.20. The van der Waals surface area contributed by atoms with Gasteiger partial charge in [0.15, 0.2) is 5.13 Å². The molecule has 1 heterocycles. The Balaban J connectivity index is 1.84. The van der Waals surface area contributed by atoms with Crippen molar-refractivity contribution in [1.29, 1.82) is 0 Å². The highest BCUT2D eigenvalue weighted by Gasteiger charge is 2.19. The molecule has 0 spiro atoms. The first-order chi connectivity index (χ1) is 10.6. The van der Waals surface area contributed by atoms with Crippen molar-refractivity contribution >= 4 is 22.4 Å². The van der Waals surface area contributed by atoms with Gasteiger partial charge in [0.1, 0.15) is 11.5 Å². The summed E-state index contributed by atoms with van der Waals surface area (Å²) in [6, 6.07) is 3.43. The lowest BCUT2D eigenvalue weighted by Crippen LogP contribution is -2.12. The molecule has 0 saturated carbocycles. The molecule has 1 aliphatic rings. The van der Waals surface area contributed by atoms with E-state index in [0.29, 0.717) is 22.2 Å². The second-order valence-corrected chi connectivity index (χ2v) is 6.29. The highest BCUT2D eigenvalue weighted by molar-refractivity contribution is 7.16. The molecule has 116 valence electrons. The van der Waals surface area contributed by atoms with Gasteiger partial charge in [0, 0.05) is 16.0 Å². The number of hydrogen-bond acceptors (Lipinski definition) is 5. The number of ether oxygens (including phenoxy) is 2. The summed E-state index contributed by atoms with van der Waals surface area (Å²) in [5, 5.41) is 3.53. The van der Waals surface area contributed by atoms with Gasteiger partial charge in [0.05, 0.1) is 19.9 Å². The number of amides is 1. The van der Waals surface area contributed by atoms with E-state index in [4.69, 9.17) is 9.47 Å². The van der Waals surface area contributed by atoms with E-state index in [2.05, 4.69) is 10.3 Å².